The van der Waals surface area contributed by atoms with Gasteiger partial charge in [0.25, 0.3) is 0 Å². The average Bonchev–Trinajstić information content (AvgIpc) is 2.30. The fraction of sp³-hybridized carbons (Fsp3) is 0.462. The predicted molar refractivity (Wildman–Crippen MR) is 61.7 cm³/mol. The molecule has 0 atom stereocenters. The maximum Gasteiger partial charge on any atom is 0.119 e. The number of ether oxygens (including phenoxy) is 1. The molecule has 15 heavy (non-hydrogen) atoms. The van der Waals surface area contributed by atoms with Gasteiger partial charge in [0.05, 0.1) is 13.2 Å². The molecule has 1 aromatic rings. The fourth-order valence-corrected chi connectivity index (χ4v) is 1.34. The normalized spacial score (nSPS) is 10.3. The van der Waals surface area contributed by atoms with Crippen LogP contribution in [0, 0.1) is 6.92 Å². The lowest BCUT2D eigenvalue weighted by Gasteiger charge is -2.06. The molecule has 0 fully saturated rings. The molecule has 0 aliphatic heterocycles. The summed E-state index contributed by atoms with van der Waals surface area (Å²) in [5.74, 6) is 0.877. The van der Waals surface area contributed by atoms with Crippen LogP contribution in [0.15, 0.2) is 24.3 Å². The zero-order chi connectivity index (χ0) is 10.9. The van der Waals surface area contributed by atoms with Crippen LogP contribution in [-0.2, 0) is 6.61 Å². The van der Waals surface area contributed by atoms with Crippen molar-refractivity contribution in [3.05, 3.63) is 36.8 Å². The van der Waals surface area contributed by atoms with Crippen molar-refractivity contribution in [2.24, 2.45) is 0 Å². The van der Waals surface area contributed by atoms with Gasteiger partial charge in [-0.25, -0.2) is 0 Å². The second-order valence-electron chi connectivity index (χ2n) is 3.56. The predicted octanol–water partition coefficient (Wildman–Crippen LogP) is 2.95. The number of hydrogen-bond acceptors (Lipinski definition) is 2. The highest BCUT2D eigenvalue weighted by molar-refractivity contribution is 5.26. The van der Waals surface area contributed by atoms with Crippen LogP contribution in [0.4, 0.5) is 0 Å². The first kappa shape index (κ1) is 12.1. The van der Waals surface area contributed by atoms with Crippen LogP contribution in [0.3, 0.4) is 0 Å². The van der Waals surface area contributed by atoms with Crippen molar-refractivity contribution in [3.8, 4) is 5.75 Å². The molecular formula is C13H19O2. The molecule has 0 heterocycles. The molecule has 1 rings (SSSR count). The molecule has 0 saturated heterocycles. The van der Waals surface area contributed by atoms with Crippen LogP contribution in [0.1, 0.15) is 31.2 Å². The molecule has 0 spiro atoms. The van der Waals surface area contributed by atoms with Gasteiger partial charge < -0.3 is 9.84 Å². The highest BCUT2D eigenvalue weighted by Crippen LogP contribution is 2.12. The van der Waals surface area contributed by atoms with Crippen molar-refractivity contribution in [1.29, 1.82) is 0 Å². The molecule has 83 valence electrons. The van der Waals surface area contributed by atoms with E-state index in [1.54, 1.807) is 0 Å². The minimum absolute atomic E-state index is 0.0871. The monoisotopic (exact) mass is 207 g/mol. The third kappa shape index (κ3) is 4.84. The lowest BCUT2D eigenvalue weighted by Crippen LogP contribution is -1.97. The average molecular weight is 207 g/mol. The Bertz CT molecular complexity index is 254. The lowest BCUT2D eigenvalue weighted by molar-refractivity contribution is 0.281. The quantitative estimate of drug-likeness (QED) is 0.696. The van der Waals surface area contributed by atoms with Gasteiger partial charge in [-0.15, -0.1) is 0 Å². The van der Waals surface area contributed by atoms with E-state index in [2.05, 4.69) is 6.92 Å². The van der Waals surface area contributed by atoms with Gasteiger partial charge in [0.1, 0.15) is 5.75 Å². The van der Waals surface area contributed by atoms with E-state index >= 15 is 0 Å². The first-order chi connectivity index (χ1) is 7.36. The molecule has 0 aliphatic carbocycles. The highest BCUT2D eigenvalue weighted by Gasteiger charge is 1.94. The van der Waals surface area contributed by atoms with Gasteiger partial charge in [-0.1, -0.05) is 38.3 Å². The number of aliphatic hydroxyl groups excluding tert-OH is 1. The second kappa shape index (κ2) is 7.30. The molecule has 1 radical (unpaired) electrons. The zero-order valence-electron chi connectivity index (χ0n) is 9.11. The summed E-state index contributed by atoms with van der Waals surface area (Å²) < 4.78 is 5.55. The van der Waals surface area contributed by atoms with E-state index in [1.165, 1.54) is 12.8 Å². The standard InChI is InChI=1S/C13H19O2/c1-2-3-4-5-10-15-13-8-6-12(11-14)7-9-13/h6-9,14H,1-5,10-11H2. The van der Waals surface area contributed by atoms with Gasteiger partial charge in [0, 0.05) is 0 Å². The Hall–Kier alpha value is -1.02. The van der Waals surface area contributed by atoms with Crippen LogP contribution in [0.2, 0.25) is 0 Å². The van der Waals surface area contributed by atoms with Gasteiger partial charge >= 0.3 is 0 Å². The summed E-state index contributed by atoms with van der Waals surface area (Å²) >= 11 is 0. The molecular weight excluding hydrogens is 188 g/mol. The van der Waals surface area contributed by atoms with Crippen LogP contribution in [0.5, 0.6) is 5.75 Å². The first-order valence-corrected chi connectivity index (χ1v) is 5.48. The maximum atomic E-state index is 8.85. The van der Waals surface area contributed by atoms with E-state index in [0.717, 1.165) is 30.8 Å². The van der Waals surface area contributed by atoms with Crippen LogP contribution < -0.4 is 4.74 Å². The Kier molecular flexibility index (Phi) is 5.86. The van der Waals surface area contributed by atoms with Crippen molar-refractivity contribution in [2.75, 3.05) is 6.61 Å². The summed E-state index contributed by atoms with van der Waals surface area (Å²) in [6.45, 7) is 4.65. The summed E-state index contributed by atoms with van der Waals surface area (Å²) in [6, 6.07) is 7.55. The molecule has 1 aromatic carbocycles. The van der Waals surface area contributed by atoms with Crippen molar-refractivity contribution >= 4 is 0 Å². The Morgan fingerprint density at radius 1 is 1.07 bits per heavy atom. The summed E-state index contributed by atoms with van der Waals surface area (Å²) in [7, 11) is 0. The second-order valence-corrected chi connectivity index (χ2v) is 3.56. The topological polar surface area (TPSA) is 29.5 Å². The van der Waals surface area contributed by atoms with E-state index in [1.807, 2.05) is 24.3 Å². The number of aliphatic hydroxyl groups is 1. The van der Waals surface area contributed by atoms with Crippen molar-refractivity contribution in [1.82, 2.24) is 0 Å². The van der Waals surface area contributed by atoms with Crippen LogP contribution in [0.25, 0.3) is 0 Å². The zero-order valence-corrected chi connectivity index (χ0v) is 9.11. The molecule has 0 amide bonds. The van der Waals surface area contributed by atoms with Gasteiger partial charge in [-0.05, 0) is 24.1 Å². The molecule has 0 bridgehead atoms. The molecule has 0 aliphatic rings. The Labute approximate surface area is 91.9 Å². The van der Waals surface area contributed by atoms with Crippen molar-refractivity contribution < 1.29 is 9.84 Å². The van der Waals surface area contributed by atoms with E-state index < -0.39 is 0 Å². The number of hydrogen-bond donors (Lipinski definition) is 1. The maximum absolute atomic E-state index is 8.85. The third-order valence-electron chi connectivity index (χ3n) is 2.27. The SMILES string of the molecule is [CH2]CCCCCOc1ccc(CO)cc1. The summed E-state index contributed by atoms with van der Waals surface area (Å²) in [6.07, 6.45) is 4.44. The Morgan fingerprint density at radius 2 is 1.80 bits per heavy atom. The van der Waals surface area contributed by atoms with Gasteiger partial charge in [0.15, 0.2) is 0 Å². The van der Waals surface area contributed by atoms with Crippen LogP contribution in [-0.4, -0.2) is 11.7 Å². The fourth-order valence-electron chi connectivity index (χ4n) is 1.34. The smallest absolute Gasteiger partial charge is 0.119 e. The van der Waals surface area contributed by atoms with E-state index in [-0.39, 0.29) is 6.61 Å². The highest BCUT2D eigenvalue weighted by atomic mass is 16.5. The van der Waals surface area contributed by atoms with E-state index in [0.29, 0.717) is 0 Å². The van der Waals surface area contributed by atoms with Crippen molar-refractivity contribution in [2.45, 2.75) is 32.3 Å². The molecule has 2 heteroatoms. The van der Waals surface area contributed by atoms with E-state index in [9.17, 15) is 0 Å². The summed E-state index contributed by atoms with van der Waals surface area (Å²) in [5.41, 5.74) is 0.916. The number of unbranched alkanes of at least 4 members (excludes halogenated alkanes) is 3. The molecule has 1 N–H and O–H groups in total. The Morgan fingerprint density at radius 3 is 2.40 bits per heavy atom. The van der Waals surface area contributed by atoms with Crippen molar-refractivity contribution in [3.63, 3.8) is 0 Å². The minimum atomic E-state index is 0.0871. The molecule has 2 nitrogen and oxygen atoms in total. The minimum Gasteiger partial charge on any atom is -0.494 e. The summed E-state index contributed by atoms with van der Waals surface area (Å²) in [4.78, 5) is 0. The van der Waals surface area contributed by atoms with E-state index in [4.69, 9.17) is 9.84 Å². The largest absolute Gasteiger partial charge is 0.494 e. The number of rotatable bonds is 7. The summed E-state index contributed by atoms with van der Waals surface area (Å²) in [5, 5.41) is 8.85. The molecule has 0 saturated carbocycles. The Balaban J connectivity index is 2.20. The first-order valence-electron chi connectivity index (χ1n) is 5.48. The van der Waals surface area contributed by atoms with Gasteiger partial charge in [-0.2, -0.15) is 0 Å². The van der Waals surface area contributed by atoms with Gasteiger partial charge in [-0.3, -0.25) is 0 Å². The number of benzene rings is 1. The lowest BCUT2D eigenvalue weighted by atomic mass is 10.2. The van der Waals surface area contributed by atoms with Gasteiger partial charge in [0.2, 0.25) is 0 Å². The third-order valence-corrected chi connectivity index (χ3v) is 2.27. The molecule has 0 unspecified atom stereocenters. The van der Waals surface area contributed by atoms with Crippen LogP contribution >= 0.6 is 0 Å². The molecule has 0 aromatic heterocycles.